The van der Waals surface area contributed by atoms with Crippen molar-refractivity contribution in [2.45, 2.75) is 57.3 Å². The van der Waals surface area contributed by atoms with Crippen LogP contribution in [-0.2, 0) is 12.6 Å². The van der Waals surface area contributed by atoms with Crippen molar-refractivity contribution in [3.8, 4) is 0 Å². The average molecular weight is 518 g/mol. The van der Waals surface area contributed by atoms with E-state index in [2.05, 4.69) is 20.9 Å². The second kappa shape index (κ2) is 11.0. The van der Waals surface area contributed by atoms with Crippen LogP contribution in [0.1, 0.15) is 48.4 Å². The fraction of sp³-hybridized carbons (Fsp3) is 0.360. The normalized spacial score (nSPS) is 18.5. The minimum Gasteiger partial charge on any atom is -0.861 e. The molecular formula is C25H26F3N5O4. The van der Waals surface area contributed by atoms with E-state index in [-0.39, 0.29) is 29.7 Å². The summed E-state index contributed by atoms with van der Waals surface area (Å²) in [6, 6.07) is 8.61. The SMILES string of the molecule is Cc1ccccc1CC([O-])=Nc1cc(NC(=O)Nc2c[n+]([C@H]3CCCC[C@H]3O)no2)cc(C(F)(F)F)c1. The molecule has 4 rings (SSSR count). The Labute approximate surface area is 210 Å². The average Bonchev–Trinajstić information content (AvgIpc) is 3.28. The summed E-state index contributed by atoms with van der Waals surface area (Å²) in [5.74, 6) is -0.680. The number of amides is 2. The lowest BCUT2D eigenvalue weighted by atomic mass is 9.93. The van der Waals surface area contributed by atoms with E-state index >= 15 is 0 Å². The van der Waals surface area contributed by atoms with Gasteiger partial charge in [0.05, 0.1) is 11.3 Å². The Hall–Kier alpha value is -3.93. The van der Waals surface area contributed by atoms with Crippen molar-refractivity contribution in [2.24, 2.45) is 4.99 Å². The van der Waals surface area contributed by atoms with Crippen LogP contribution in [0.15, 0.2) is 58.2 Å². The molecule has 1 aromatic heterocycles. The largest absolute Gasteiger partial charge is 0.861 e. The van der Waals surface area contributed by atoms with Crippen molar-refractivity contribution in [1.29, 1.82) is 0 Å². The number of hydrogen-bond donors (Lipinski definition) is 3. The van der Waals surface area contributed by atoms with Crippen LogP contribution in [0.4, 0.5) is 35.2 Å². The van der Waals surface area contributed by atoms with Crippen LogP contribution < -0.4 is 20.4 Å². The number of anilines is 2. The lowest BCUT2D eigenvalue weighted by Gasteiger charge is -2.19. The van der Waals surface area contributed by atoms with Gasteiger partial charge in [0, 0.05) is 18.5 Å². The smallest absolute Gasteiger partial charge is 0.416 e. The minimum absolute atomic E-state index is 0.0550. The Morgan fingerprint density at radius 2 is 1.97 bits per heavy atom. The molecule has 12 heteroatoms. The molecule has 2 amide bonds. The Kier molecular flexibility index (Phi) is 7.77. The van der Waals surface area contributed by atoms with Crippen molar-refractivity contribution in [3.63, 3.8) is 0 Å². The molecule has 0 bridgehead atoms. The third-order valence-electron chi connectivity index (χ3n) is 6.11. The lowest BCUT2D eigenvalue weighted by molar-refractivity contribution is -0.792. The molecule has 196 valence electrons. The van der Waals surface area contributed by atoms with Gasteiger partial charge in [-0.05, 0) is 59.7 Å². The summed E-state index contributed by atoms with van der Waals surface area (Å²) in [7, 11) is 0. The fourth-order valence-electron chi connectivity index (χ4n) is 4.21. The number of benzene rings is 2. The summed E-state index contributed by atoms with van der Waals surface area (Å²) in [6.07, 6.45) is -0.842. The van der Waals surface area contributed by atoms with Gasteiger partial charge in [0.15, 0.2) is 0 Å². The summed E-state index contributed by atoms with van der Waals surface area (Å²) < 4.78 is 46.9. The number of hydrogen-bond acceptors (Lipinski definition) is 6. The number of halogens is 3. The molecule has 0 unspecified atom stereocenters. The summed E-state index contributed by atoms with van der Waals surface area (Å²) in [6.45, 7) is 1.82. The molecule has 1 heterocycles. The van der Waals surface area contributed by atoms with Crippen LogP contribution in [0.25, 0.3) is 0 Å². The fourth-order valence-corrected chi connectivity index (χ4v) is 4.21. The minimum atomic E-state index is -4.73. The van der Waals surface area contributed by atoms with Gasteiger partial charge < -0.3 is 15.5 Å². The van der Waals surface area contributed by atoms with Crippen LogP contribution in [0.5, 0.6) is 0 Å². The first-order valence-electron chi connectivity index (χ1n) is 11.7. The summed E-state index contributed by atoms with van der Waals surface area (Å²) in [5.41, 5.74) is 0.0424. The van der Waals surface area contributed by atoms with Crippen molar-refractivity contribution >= 4 is 29.2 Å². The molecule has 0 aliphatic heterocycles. The zero-order valence-corrected chi connectivity index (χ0v) is 20.0. The highest BCUT2D eigenvalue weighted by Crippen LogP contribution is 2.34. The molecule has 37 heavy (non-hydrogen) atoms. The molecule has 1 aliphatic carbocycles. The molecule has 1 saturated carbocycles. The van der Waals surface area contributed by atoms with Crippen LogP contribution in [0.2, 0.25) is 0 Å². The third kappa shape index (κ3) is 6.85. The molecule has 2 atom stereocenters. The number of alkyl halides is 3. The van der Waals surface area contributed by atoms with Gasteiger partial charge in [0.25, 0.3) is 6.20 Å². The number of nitrogens with one attached hydrogen (secondary N) is 2. The summed E-state index contributed by atoms with van der Waals surface area (Å²) in [4.78, 5) is 16.3. The zero-order valence-electron chi connectivity index (χ0n) is 20.0. The first-order valence-corrected chi connectivity index (χ1v) is 11.7. The number of aliphatic hydroxyl groups is 1. The number of aliphatic hydroxyl groups excluding tert-OH is 1. The molecule has 1 aliphatic rings. The predicted octanol–water partition coefficient (Wildman–Crippen LogP) is 4.04. The highest BCUT2D eigenvalue weighted by Gasteiger charge is 2.34. The number of carbonyl (C=O) groups is 1. The topological polar surface area (TPSA) is 127 Å². The molecule has 1 fully saturated rings. The van der Waals surface area contributed by atoms with Gasteiger partial charge in [0.2, 0.25) is 11.3 Å². The van der Waals surface area contributed by atoms with Crippen LogP contribution in [0, 0.1) is 6.92 Å². The summed E-state index contributed by atoms with van der Waals surface area (Å²) in [5, 5.41) is 31.1. The van der Waals surface area contributed by atoms with Gasteiger partial charge in [-0.3, -0.25) is 14.8 Å². The molecule has 9 nitrogen and oxygen atoms in total. The maximum Gasteiger partial charge on any atom is 0.416 e. The first-order chi connectivity index (χ1) is 17.6. The molecule has 3 N–H and O–H groups in total. The van der Waals surface area contributed by atoms with Crippen molar-refractivity contribution in [2.75, 3.05) is 10.6 Å². The Bertz CT molecular complexity index is 1290. The van der Waals surface area contributed by atoms with E-state index in [1.54, 1.807) is 12.1 Å². The molecular weight excluding hydrogens is 491 g/mol. The Balaban J connectivity index is 1.49. The zero-order chi connectivity index (χ0) is 26.6. The van der Waals surface area contributed by atoms with E-state index in [4.69, 9.17) is 4.52 Å². The maximum absolute atomic E-state index is 13.5. The van der Waals surface area contributed by atoms with Crippen LogP contribution in [0.3, 0.4) is 0 Å². The van der Waals surface area contributed by atoms with E-state index in [0.29, 0.717) is 18.4 Å². The number of urea groups is 1. The lowest BCUT2D eigenvalue weighted by Crippen LogP contribution is -2.48. The highest BCUT2D eigenvalue weighted by molar-refractivity contribution is 5.99. The second-order valence-electron chi connectivity index (χ2n) is 8.92. The van der Waals surface area contributed by atoms with E-state index in [1.807, 2.05) is 19.1 Å². The third-order valence-corrected chi connectivity index (χ3v) is 6.11. The number of aliphatic imine (C=N–C) groups is 1. The monoisotopic (exact) mass is 517 g/mol. The Morgan fingerprint density at radius 3 is 2.70 bits per heavy atom. The van der Waals surface area contributed by atoms with E-state index < -0.39 is 29.8 Å². The highest BCUT2D eigenvalue weighted by atomic mass is 19.4. The van der Waals surface area contributed by atoms with E-state index in [9.17, 15) is 28.2 Å². The molecule has 0 saturated heterocycles. The predicted molar refractivity (Wildman–Crippen MR) is 126 cm³/mol. The number of rotatable bonds is 6. The van der Waals surface area contributed by atoms with E-state index in [1.165, 1.54) is 16.9 Å². The first kappa shape index (κ1) is 26.1. The van der Waals surface area contributed by atoms with E-state index in [0.717, 1.165) is 30.5 Å². The molecule has 2 aromatic carbocycles. The molecule has 0 spiro atoms. The standard InChI is InChI=1S/C25H26F3N5O4/c1-15-6-2-3-7-16(15)10-22(35)29-18-11-17(25(26,27)28)12-19(13-18)30-24(36)31-23-14-33(32-37-23)20-8-4-5-9-21(20)34/h2-3,6-7,11-14,20-21,34H,4-5,8-10H2,1H3,(H2-,29,30,31,32,35,36)/t20-,21+/m0/s1. The van der Waals surface area contributed by atoms with Crippen molar-refractivity contribution in [1.82, 2.24) is 5.27 Å². The van der Waals surface area contributed by atoms with Gasteiger partial charge in [-0.1, -0.05) is 30.7 Å². The number of carbonyl (C=O) groups excluding carboxylic acids is 1. The molecule has 0 radical (unpaired) electrons. The van der Waals surface area contributed by atoms with Crippen LogP contribution >= 0.6 is 0 Å². The molecule has 3 aromatic rings. The number of aromatic nitrogens is 2. The van der Waals surface area contributed by atoms with Gasteiger partial charge in [0.1, 0.15) is 6.10 Å². The van der Waals surface area contributed by atoms with Crippen molar-refractivity contribution in [3.05, 3.63) is 65.4 Å². The van der Waals surface area contributed by atoms with Gasteiger partial charge in [-0.2, -0.15) is 13.2 Å². The summed E-state index contributed by atoms with van der Waals surface area (Å²) >= 11 is 0. The van der Waals surface area contributed by atoms with Gasteiger partial charge in [-0.15, -0.1) is 0 Å². The Morgan fingerprint density at radius 1 is 1.22 bits per heavy atom. The number of aryl methyl sites for hydroxylation is 1. The van der Waals surface area contributed by atoms with Gasteiger partial charge >= 0.3 is 18.1 Å². The van der Waals surface area contributed by atoms with Gasteiger partial charge in [-0.25, -0.2) is 4.79 Å². The number of nitrogens with zero attached hydrogens (tertiary/aromatic N) is 3. The quantitative estimate of drug-likeness (QED) is 0.258. The second-order valence-corrected chi connectivity index (χ2v) is 8.92. The maximum atomic E-state index is 13.5. The van der Waals surface area contributed by atoms with Crippen LogP contribution in [-0.4, -0.2) is 28.4 Å². The van der Waals surface area contributed by atoms with Crippen molar-refractivity contribution < 1.29 is 37.4 Å².